The lowest BCUT2D eigenvalue weighted by Crippen LogP contribution is -2.38. The highest BCUT2D eigenvalue weighted by Crippen LogP contribution is 2.24. The molecule has 2 N–H and O–H groups in total. The molecule has 0 radical (unpaired) electrons. The van der Waals surface area contributed by atoms with Crippen LogP contribution in [0.1, 0.15) is 11.3 Å². The number of hydrogen-bond donors (Lipinski definition) is 2. The van der Waals surface area contributed by atoms with Crippen molar-refractivity contribution in [2.75, 3.05) is 5.32 Å². The predicted octanol–water partition coefficient (Wildman–Crippen LogP) is 1.13. The lowest BCUT2D eigenvalue weighted by molar-refractivity contribution is -0.121. The smallest absolute Gasteiger partial charge is 0.243 e. The van der Waals surface area contributed by atoms with Gasteiger partial charge < -0.3 is 10.6 Å². The first-order valence-electron chi connectivity index (χ1n) is 6.21. The summed E-state index contributed by atoms with van der Waals surface area (Å²) in [5.41, 5.74) is 2.98. The second kappa shape index (κ2) is 5.06. The molecule has 1 amide bonds. The lowest BCUT2D eigenvalue weighted by Gasteiger charge is -2.11. The number of rotatable bonds is 3. The zero-order chi connectivity index (χ0) is 13.1. The summed E-state index contributed by atoms with van der Waals surface area (Å²) in [4.78, 5) is 12.1. The fourth-order valence-electron chi connectivity index (χ4n) is 2.18. The Morgan fingerprint density at radius 1 is 1.32 bits per heavy atom. The van der Waals surface area contributed by atoms with Crippen LogP contribution in [0.15, 0.2) is 42.6 Å². The average molecular weight is 254 g/mol. The van der Waals surface area contributed by atoms with Gasteiger partial charge in [0.05, 0.1) is 12.2 Å². The van der Waals surface area contributed by atoms with Crippen LogP contribution in [0.2, 0.25) is 0 Å². The van der Waals surface area contributed by atoms with Crippen LogP contribution in [-0.4, -0.2) is 22.1 Å². The number of para-hydroxylation sites is 1. The molecule has 2 aromatic rings. The van der Waals surface area contributed by atoms with Crippen molar-refractivity contribution < 1.29 is 4.79 Å². The van der Waals surface area contributed by atoms with Crippen LogP contribution < -0.4 is 10.6 Å². The highest BCUT2D eigenvalue weighted by molar-refractivity contribution is 5.87. The average Bonchev–Trinajstić information content (AvgIpc) is 2.90. The van der Waals surface area contributed by atoms with E-state index in [1.807, 2.05) is 30.3 Å². The van der Waals surface area contributed by atoms with Crippen molar-refractivity contribution in [3.63, 3.8) is 0 Å². The Morgan fingerprint density at radius 2 is 2.21 bits per heavy atom. The summed E-state index contributed by atoms with van der Waals surface area (Å²) in [6, 6.07) is 11.4. The van der Waals surface area contributed by atoms with Gasteiger partial charge in [-0.3, -0.25) is 4.79 Å². The Hall–Kier alpha value is -2.43. The molecule has 96 valence electrons. The third-order valence-corrected chi connectivity index (χ3v) is 3.16. The largest absolute Gasteiger partial charge is 0.373 e. The van der Waals surface area contributed by atoms with E-state index >= 15 is 0 Å². The summed E-state index contributed by atoms with van der Waals surface area (Å²) in [6.45, 7) is 0.404. The summed E-state index contributed by atoms with van der Waals surface area (Å²) < 4.78 is 0. The molecule has 0 aliphatic carbocycles. The number of carbonyl (C=O) groups is 1. The van der Waals surface area contributed by atoms with Gasteiger partial charge in [-0.15, -0.1) is 0 Å². The Balaban J connectivity index is 1.58. The minimum atomic E-state index is -0.200. The number of amides is 1. The van der Waals surface area contributed by atoms with E-state index in [1.54, 1.807) is 12.3 Å². The lowest BCUT2D eigenvalue weighted by atomic mass is 10.1. The highest BCUT2D eigenvalue weighted by atomic mass is 16.2. The van der Waals surface area contributed by atoms with Gasteiger partial charge in [-0.25, -0.2) is 0 Å². The van der Waals surface area contributed by atoms with Gasteiger partial charge in [0.2, 0.25) is 5.91 Å². The molecule has 0 unspecified atom stereocenters. The molecule has 5 heteroatoms. The maximum atomic E-state index is 12.1. The molecule has 19 heavy (non-hydrogen) atoms. The summed E-state index contributed by atoms with van der Waals surface area (Å²) in [6.07, 6.45) is 2.34. The minimum Gasteiger partial charge on any atom is -0.373 e. The molecule has 1 atom stereocenters. The van der Waals surface area contributed by atoms with Crippen molar-refractivity contribution in [1.29, 1.82) is 0 Å². The van der Waals surface area contributed by atoms with Crippen LogP contribution in [0.3, 0.4) is 0 Å². The Labute approximate surface area is 111 Å². The Morgan fingerprint density at radius 3 is 3.00 bits per heavy atom. The second-order valence-corrected chi connectivity index (χ2v) is 4.49. The van der Waals surface area contributed by atoms with Crippen LogP contribution in [0.4, 0.5) is 5.69 Å². The normalized spacial score (nSPS) is 16.5. The number of nitrogens with one attached hydrogen (secondary N) is 2. The van der Waals surface area contributed by atoms with E-state index in [2.05, 4.69) is 20.8 Å². The van der Waals surface area contributed by atoms with E-state index in [0.717, 1.165) is 17.8 Å². The van der Waals surface area contributed by atoms with Gasteiger partial charge in [0, 0.05) is 18.3 Å². The fourth-order valence-corrected chi connectivity index (χ4v) is 2.18. The minimum absolute atomic E-state index is 0.0122. The number of benzene rings is 1. The maximum Gasteiger partial charge on any atom is 0.243 e. The SMILES string of the molecule is O=C(NCc1cccnn1)[C@@H]1Cc2ccccc2N1. The topological polar surface area (TPSA) is 66.9 Å². The number of carbonyl (C=O) groups excluding carboxylic acids is 1. The van der Waals surface area contributed by atoms with Crippen LogP contribution in [0, 0.1) is 0 Å². The van der Waals surface area contributed by atoms with E-state index in [4.69, 9.17) is 0 Å². The van der Waals surface area contributed by atoms with Crippen LogP contribution in [-0.2, 0) is 17.8 Å². The van der Waals surface area contributed by atoms with Gasteiger partial charge in [-0.1, -0.05) is 18.2 Å². The quantitative estimate of drug-likeness (QED) is 0.861. The molecule has 5 nitrogen and oxygen atoms in total. The van der Waals surface area contributed by atoms with Crippen LogP contribution in [0.5, 0.6) is 0 Å². The molecule has 0 bridgehead atoms. The number of anilines is 1. The fraction of sp³-hybridized carbons (Fsp3) is 0.214. The van der Waals surface area contributed by atoms with Crippen molar-refractivity contribution in [2.24, 2.45) is 0 Å². The van der Waals surface area contributed by atoms with Gasteiger partial charge >= 0.3 is 0 Å². The first kappa shape index (κ1) is 11.6. The zero-order valence-electron chi connectivity index (χ0n) is 10.3. The molecule has 3 rings (SSSR count). The zero-order valence-corrected chi connectivity index (χ0v) is 10.3. The molecule has 0 saturated carbocycles. The van der Waals surface area contributed by atoms with E-state index in [9.17, 15) is 4.79 Å². The highest BCUT2D eigenvalue weighted by Gasteiger charge is 2.25. The third kappa shape index (κ3) is 2.54. The van der Waals surface area contributed by atoms with Gasteiger partial charge in [-0.05, 0) is 23.8 Å². The van der Waals surface area contributed by atoms with Crippen molar-refractivity contribution in [3.8, 4) is 0 Å². The van der Waals surface area contributed by atoms with Crippen LogP contribution >= 0.6 is 0 Å². The third-order valence-electron chi connectivity index (χ3n) is 3.16. The van der Waals surface area contributed by atoms with Gasteiger partial charge in [-0.2, -0.15) is 10.2 Å². The van der Waals surface area contributed by atoms with E-state index in [1.165, 1.54) is 5.56 Å². The molecule has 1 aromatic heterocycles. The molecule has 0 fully saturated rings. The molecule has 1 aliphatic heterocycles. The molecule has 1 aromatic carbocycles. The molecular weight excluding hydrogens is 240 g/mol. The molecule has 0 saturated heterocycles. The van der Waals surface area contributed by atoms with Crippen molar-refractivity contribution in [1.82, 2.24) is 15.5 Å². The standard InChI is InChI=1S/C14H14N4O/c19-14(15-9-11-5-3-7-16-18-11)13-8-10-4-1-2-6-12(10)17-13/h1-7,13,17H,8-9H2,(H,15,19)/t13-/m0/s1. The van der Waals surface area contributed by atoms with E-state index in [0.29, 0.717) is 6.54 Å². The summed E-state index contributed by atoms with van der Waals surface area (Å²) in [5, 5.41) is 13.8. The second-order valence-electron chi connectivity index (χ2n) is 4.49. The number of hydrogen-bond acceptors (Lipinski definition) is 4. The molecule has 0 spiro atoms. The van der Waals surface area contributed by atoms with Crippen molar-refractivity contribution >= 4 is 11.6 Å². The van der Waals surface area contributed by atoms with Crippen LogP contribution in [0.25, 0.3) is 0 Å². The van der Waals surface area contributed by atoms with Gasteiger partial charge in [0.25, 0.3) is 0 Å². The Kier molecular flexibility index (Phi) is 3.10. The summed E-state index contributed by atoms with van der Waals surface area (Å²) >= 11 is 0. The number of nitrogens with zero attached hydrogens (tertiary/aromatic N) is 2. The van der Waals surface area contributed by atoms with Crippen molar-refractivity contribution in [3.05, 3.63) is 53.9 Å². The van der Waals surface area contributed by atoms with E-state index in [-0.39, 0.29) is 11.9 Å². The van der Waals surface area contributed by atoms with Gasteiger partial charge in [0.1, 0.15) is 6.04 Å². The molecule has 2 heterocycles. The van der Waals surface area contributed by atoms with E-state index < -0.39 is 0 Å². The van der Waals surface area contributed by atoms with Gasteiger partial charge in [0.15, 0.2) is 0 Å². The van der Waals surface area contributed by atoms with Crippen molar-refractivity contribution in [2.45, 2.75) is 19.0 Å². The first-order valence-corrected chi connectivity index (χ1v) is 6.21. The molecular formula is C14H14N4O. The number of aromatic nitrogens is 2. The Bertz CT molecular complexity index is 560. The monoisotopic (exact) mass is 254 g/mol. The summed E-state index contributed by atoms with van der Waals surface area (Å²) in [7, 11) is 0. The first-order chi connectivity index (χ1) is 9.33. The molecule has 1 aliphatic rings. The predicted molar refractivity (Wildman–Crippen MR) is 71.4 cm³/mol. The number of fused-ring (bicyclic) bond motifs is 1. The summed E-state index contributed by atoms with van der Waals surface area (Å²) in [5.74, 6) is -0.0122. The maximum absolute atomic E-state index is 12.1.